The third-order valence-corrected chi connectivity index (χ3v) is 3.37. The van der Waals surface area contributed by atoms with Gasteiger partial charge in [-0.15, -0.1) is 0 Å². The lowest BCUT2D eigenvalue weighted by Crippen LogP contribution is -2.25. The van der Waals surface area contributed by atoms with E-state index in [4.69, 9.17) is 9.84 Å². The van der Waals surface area contributed by atoms with Gasteiger partial charge in [-0.25, -0.2) is 8.42 Å². The number of aliphatic carboxylic acids is 1. The molecule has 0 radical (unpaired) electrons. The minimum Gasteiger partial charge on any atom is -0.480 e. The summed E-state index contributed by atoms with van der Waals surface area (Å²) >= 11 is 0. The molecule has 0 aromatic rings. The third-order valence-electron chi connectivity index (χ3n) is 1.81. The van der Waals surface area contributed by atoms with Gasteiger partial charge < -0.3 is 9.84 Å². The van der Waals surface area contributed by atoms with Crippen molar-refractivity contribution in [2.24, 2.45) is 0 Å². The van der Waals surface area contributed by atoms with Crippen molar-refractivity contribution in [1.82, 2.24) is 0 Å². The van der Waals surface area contributed by atoms with E-state index in [1.807, 2.05) is 0 Å². The van der Waals surface area contributed by atoms with Gasteiger partial charge in [-0.1, -0.05) is 0 Å². The Kier molecular flexibility index (Phi) is 3.27. The van der Waals surface area contributed by atoms with Crippen LogP contribution in [0.2, 0.25) is 0 Å². The fraction of sp³-hybridized carbons (Fsp3) is 0.857. The Morgan fingerprint density at radius 1 is 1.54 bits per heavy atom. The highest BCUT2D eigenvalue weighted by molar-refractivity contribution is 7.92. The van der Waals surface area contributed by atoms with Crippen LogP contribution < -0.4 is 0 Å². The van der Waals surface area contributed by atoms with Gasteiger partial charge in [0, 0.05) is 6.61 Å². The van der Waals surface area contributed by atoms with Crippen LogP contribution in [0, 0.1) is 0 Å². The Morgan fingerprint density at radius 2 is 2.23 bits per heavy atom. The standard InChI is InChI=1S/C7H12O5S/c8-7(9)5-13(10,11)4-6-2-1-3-12-6/h6H,1-5H2,(H,8,9)/t6-/m1/s1. The highest BCUT2D eigenvalue weighted by Gasteiger charge is 2.24. The number of rotatable bonds is 4. The van der Waals surface area contributed by atoms with E-state index >= 15 is 0 Å². The molecule has 0 spiro atoms. The van der Waals surface area contributed by atoms with Gasteiger partial charge in [0.15, 0.2) is 9.84 Å². The van der Waals surface area contributed by atoms with E-state index in [-0.39, 0.29) is 11.9 Å². The van der Waals surface area contributed by atoms with Crippen molar-refractivity contribution in [3.8, 4) is 0 Å². The molecule has 5 nitrogen and oxygen atoms in total. The zero-order valence-electron chi connectivity index (χ0n) is 7.10. The number of carboxylic acids is 1. The van der Waals surface area contributed by atoms with Gasteiger partial charge in [0.1, 0.15) is 5.75 Å². The predicted octanol–water partition coefficient (Wildman–Crippen LogP) is -0.335. The van der Waals surface area contributed by atoms with E-state index in [2.05, 4.69) is 0 Å². The SMILES string of the molecule is O=C(O)CS(=O)(=O)C[C@H]1CCCO1. The molecule has 0 saturated carbocycles. The number of hydrogen-bond donors (Lipinski definition) is 1. The van der Waals surface area contributed by atoms with Crippen molar-refractivity contribution in [1.29, 1.82) is 0 Å². The van der Waals surface area contributed by atoms with Crippen molar-refractivity contribution in [3.05, 3.63) is 0 Å². The summed E-state index contributed by atoms with van der Waals surface area (Å²) < 4.78 is 27.4. The summed E-state index contributed by atoms with van der Waals surface area (Å²) in [5.74, 6) is -2.27. The number of carbonyl (C=O) groups is 1. The van der Waals surface area contributed by atoms with Crippen molar-refractivity contribution in [2.45, 2.75) is 18.9 Å². The first kappa shape index (κ1) is 10.5. The molecule has 0 aliphatic carbocycles. The Labute approximate surface area is 76.6 Å². The van der Waals surface area contributed by atoms with Crippen LogP contribution >= 0.6 is 0 Å². The van der Waals surface area contributed by atoms with Crippen LogP contribution in [0.1, 0.15) is 12.8 Å². The van der Waals surface area contributed by atoms with Crippen molar-refractivity contribution in [2.75, 3.05) is 18.1 Å². The maximum Gasteiger partial charge on any atom is 0.318 e. The second-order valence-corrected chi connectivity index (χ2v) is 5.19. The second-order valence-electron chi connectivity index (χ2n) is 3.08. The molecule has 1 heterocycles. The maximum atomic E-state index is 11.1. The van der Waals surface area contributed by atoms with Crippen molar-refractivity contribution >= 4 is 15.8 Å². The molecule has 0 aromatic heterocycles. The normalized spacial score (nSPS) is 23.2. The fourth-order valence-corrected chi connectivity index (χ4v) is 2.63. The summed E-state index contributed by atoms with van der Waals surface area (Å²) in [6.07, 6.45) is 1.26. The van der Waals surface area contributed by atoms with Crippen LogP contribution in [0.5, 0.6) is 0 Å². The van der Waals surface area contributed by atoms with E-state index in [1.165, 1.54) is 0 Å². The smallest absolute Gasteiger partial charge is 0.318 e. The molecule has 0 amide bonds. The molecular weight excluding hydrogens is 196 g/mol. The molecule has 1 saturated heterocycles. The molecule has 1 aliphatic heterocycles. The van der Waals surface area contributed by atoms with Crippen molar-refractivity contribution in [3.63, 3.8) is 0 Å². The second kappa shape index (κ2) is 4.06. The molecule has 0 bridgehead atoms. The number of hydrogen-bond acceptors (Lipinski definition) is 4. The summed E-state index contributed by atoms with van der Waals surface area (Å²) in [5, 5.41) is 8.30. The first-order valence-corrected chi connectivity index (χ1v) is 5.85. The van der Waals surface area contributed by atoms with Crippen molar-refractivity contribution < 1.29 is 23.1 Å². The molecule has 0 aromatic carbocycles. The third kappa shape index (κ3) is 3.73. The van der Waals surface area contributed by atoms with Gasteiger partial charge in [0.2, 0.25) is 0 Å². The van der Waals surface area contributed by atoms with E-state index in [0.29, 0.717) is 13.0 Å². The van der Waals surface area contributed by atoms with E-state index in [0.717, 1.165) is 6.42 Å². The minimum atomic E-state index is -3.49. The quantitative estimate of drug-likeness (QED) is 0.684. The van der Waals surface area contributed by atoms with Crippen LogP contribution in [0.15, 0.2) is 0 Å². The Hall–Kier alpha value is -0.620. The van der Waals surface area contributed by atoms with Gasteiger partial charge >= 0.3 is 5.97 Å². The Balaban J connectivity index is 2.46. The number of ether oxygens (including phenoxy) is 1. The summed E-state index contributed by atoms with van der Waals surface area (Å²) in [6.45, 7) is 0.577. The Morgan fingerprint density at radius 3 is 2.69 bits per heavy atom. The van der Waals surface area contributed by atoms with E-state index in [1.54, 1.807) is 0 Å². The summed E-state index contributed by atoms with van der Waals surface area (Å²) in [7, 11) is -3.49. The van der Waals surface area contributed by atoms with Gasteiger partial charge in [0.05, 0.1) is 11.9 Å². The van der Waals surface area contributed by atoms with Crippen LogP contribution in [-0.2, 0) is 19.4 Å². The van der Waals surface area contributed by atoms with E-state index in [9.17, 15) is 13.2 Å². The summed E-state index contributed by atoms with van der Waals surface area (Å²) in [6, 6.07) is 0. The molecule has 1 aliphatic rings. The Bertz CT molecular complexity index is 275. The lowest BCUT2D eigenvalue weighted by molar-refractivity contribution is -0.134. The number of sulfone groups is 1. The predicted molar refractivity (Wildman–Crippen MR) is 45.3 cm³/mol. The van der Waals surface area contributed by atoms with Gasteiger partial charge in [-0.2, -0.15) is 0 Å². The minimum absolute atomic E-state index is 0.167. The van der Waals surface area contributed by atoms with Gasteiger partial charge in [-0.3, -0.25) is 4.79 Å². The molecule has 13 heavy (non-hydrogen) atoms. The van der Waals surface area contributed by atoms with Gasteiger partial charge in [0.25, 0.3) is 0 Å². The van der Waals surface area contributed by atoms with Crippen LogP contribution in [0.4, 0.5) is 0 Å². The van der Waals surface area contributed by atoms with Crippen LogP contribution in [0.3, 0.4) is 0 Å². The van der Waals surface area contributed by atoms with Crippen LogP contribution in [0.25, 0.3) is 0 Å². The van der Waals surface area contributed by atoms with Gasteiger partial charge in [-0.05, 0) is 12.8 Å². The molecule has 1 rings (SSSR count). The average molecular weight is 208 g/mol. The average Bonchev–Trinajstić information content (AvgIpc) is 2.34. The number of carboxylic acid groups (broad SMARTS) is 1. The first-order chi connectivity index (χ1) is 5.99. The molecule has 1 N–H and O–H groups in total. The first-order valence-electron chi connectivity index (χ1n) is 4.03. The monoisotopic (exact) mass is 208 g/mol. The maximum absolute atomic E-state index is 11.1. The highest BCUT2D eigenvalue weighted by atomic mass is 32.2. The highest BCUT2D eigenvalue weighted by Crippen LogP contribution is 2.14. The molecule has 76 valence electrons. The molecule has 1 fully saturated rings. The summed E-state index contributed by atoms with van der Waals surface area (Å²) in [5.41, 5.74) is 0. The lowest BCUT2D eigenvalue weighted by Gasteiger charge is -2.07. The fourth-order valence-electron chi connectivity index (χ4n) is 1.31. The largest absolute Gasteiger partial charge is 0.480 e. The molecule has 0 unspecified atom stereocenters. The van der Waals surface area contributed by atoms with Crippen LogP contribution in [-0.4, -0.2) is 43.7 Å². The lowest BCUT2D eigenvalue weighted by atomic mass is 10.3. The van der Waals surface area contributed by atoms with E-state index < -0.39 is 21.6 Å². The molecular formula is C7H12O5S. The zero-order chi connectivity index (χ0) is 9.90. The topological polar surface area (TPSA) is 80.7 Å². The molecule has 6 heteroatoms. The zero-order valence-corrected chi connectivity index (χ0v) is 7.92. The molecule has 1 atom stereocenters. The summed E-state index contributed by atoms with van der Waals surface area (Å²) in [4.78, 5) is 10.2.